The van der Waals surface area contributed by atoms with E-state index in [4.69, 9.17) is 0 Å². The highest BCUT2D eigenvalue weighted by Crippen LogP contribution is 2.38. The molecule has 3 aromatic rings. The Morgan fingerprint density at radius 1 is 0.795 bits per heavy atom. The summed E-state index contributed by atoms with van der Waals surface area (Å²) >= 11 is 0. The molecule has 202 valence electrons. The predicted molar refractivity (Wildman–Crippen MR) is 151 cm³/mol. The number of rotatable bonds is 6. The van der Waals surface area contributed by atoms with E-state index in [1.165, 1.54) is 9.58 Å². The Bertz CT molecular complexity index is 1440. The van der Waals surface area contributed by atoms with Crippen LogP contribution in [-0.4, -0.2) is 75.1 Å². The number of H-pyrrole nitrogens is 1. The molecule has 2 aromatic carbocycles. The summed E-state index contributed by atoms with van der Waals surface area (Å²) in [5.41, 5.74) is 2.58. The van der Waals surface area contributed by atoms with Gasteiger partial charge in [-0.2, -0.15) is 0 Å². The number of carbonyl (C=O) groups excluding carboxylic acids is 2. The molecule has 1 aromatic heterocycles. The largest absolute Gasteiger partial charge is 0.364 e. The van der Waals surface area contributed by atoms with Gasteiger partial charge in [-0.15, -0.1) is 0 Å². The number of hydrogen-bond donors (Lipinski definition) is 1. The van der Waals surface area contributed by atoms with E-state index in [1.807, 2.05) is 65.6 Å². The van der Waals surface area contributed by atoms with E-state index in [0.29, 0.717) is 30.2 Å². The minimum Gasteiger partial charge on any atom is -0.364 e. The quantitative estimate of drug-likeness (QED) is 0.494. The number of para-hydroxylation sites is 1. The fraction of sp³-hybridized carbons (Fsp3) is 0.387. The van der Waals surface area contributed by atoms with E-state index in [9.17, 15) is 14.4 Å². The maximum atomic E-state index is 14.3. The Labute approximate surface area is 228 Å². The van der Waals surface area contributed by atoms with Crippen molar-refractivity contribution in [1.29, 1.82) is 0 Å². The van der Waals surface area contributed by atoms with Crippen LogP contribution < -0.4 is 5.56 Å². The zero-order valence-electron chi connectivity index (χ0n) is 22.4. The molecule has 1 saturated heterocycles. The summed E-state index contributed by atoms with van der Waals surface area (Å²) in [6.07, 6.45) is 4.75. The van der Waals surface area contributed by atoms with E-state index in [0.717, 1.165) is 57.3 Å². The standard InChI is InChI=1S/C31H35N5O3/c1-2-33-18-20-34(21-19-33)28-26(29(37)35(31(28)39)23-14-8-4-9-15-23)25-27(22-12-6-3-7-13-22)32-36(30(25)38)24-16-10-5-11-17-24/h3,5-7,10-13,16-17,23,32H,2,4,8-9,14-15,18-21H2,1H3. The van der Waals surface area contributed by atoms with Crippen molar-refractivity contribution in [2.45, 2.75) is 45.1 Å². The van der Waals surface area contributed by atoms with Crippen LogP contribution in [0.1, 0.15) is 44.6 Å². The molecule has 0 bridgehead atoms. The van der Waals surface area contributed by atoms with Crippen LogP contribution in [0.2, 0.25) is 0 Å². The summed E-state index contributed by atoms with van der Waals surface area (Å²) < 4.78 is 1.48. The zero-order valence-corrected chi connectivity index (χ0v) is 22.4. The summed E-state index contributed by atoms with van der Waals surface area (Å²) in [4.78, 5) is 48.5. The Hall–Kier alpha value is -3.91. The van der Waals surface area contributed by atoms with Gasteiger partial charge in [0.2, 0.25) is 0 Å². The first kappa shape index (κ1) is 25.4. The molecule has 3 aliphatic rings. The molecular weight excluding hydrogens is 490 g/mol. The van der Waals surface area contributed by atoms with Crippen LogP contribution in [0.5, 0.6) is 0 Å². The number of benzene rings is 2. The molecule has 3 heterocycles. The minimum atomic E-state index is -0.340. The van der Waals surface area contributed by atoms with Gasteiger partial charge in [-0.25, -0.2) is 4.68 Å². The molecule has 1 saturated carbocycles. The second-order valence-corrected chi connectivity index (χ2v) is 10.6. The van der Waals surface area contributed by atoms with E-state index in [-0.39, 0.29) is 34.6 Å². The number of nitrogens with one attached hydrogen (secondary N) is 1. The normalized spacial score (nSPS) is 19.4. The lowest BCUT2D eigenvalue weighted by molar-refractivity contribution is -0.141. The van der Waals surface area contributed by atoms with Crippen LogP contribution in [-0.2, 0) is 9.59 Å². The second kappa shape index (κ2) is 10.7. The number of aromatic amines is 1. The molecule has 0 atom stereocenters. The Morgan fingerprint density at radius 3 is 2.08 bits per heavy atom. The summed E-state index contributed by atoms with van der Waals surface area (Å²) in [5, 5.41) is 3.29. The highest BCUT2D eigenvalue weighted by Gasteiger charge is 2.47. The maximum Gasteiger partial charge on any atom is 0.280 e. The first-order valence-corrected chi connectivity index (χ1v) is 14.1. The van der Waals surface area contributed by atoms with Crippen molar-refractivity contribution in [2.75, 3.05) is 32.7 Å². The first-order valence-electron chi connectivity index (χ1n) is 14.1. The van der Waals surface area contributed by atoms with Gasteiger partial charge in [-0.3, -0.25) is 24.4 Å². The summed E-state index contributed by atoms with van der Waals surface area (Å²) in [7, 11) is 0. The summed E-state index contributed by atoms with van der Waals surface area (Å²) in [6.45, 7) is 5.98. The fourth-order valence-electron chi connectivity index (χ4n) is 6.25. The molecule has 8 nitrogen and oxygen atoms in total. The third-order valence-corrected chi connectivity index (χ3v) is 8.38. The topological polar surface area (TPSA) is 81.7 Å². The highest BCUT2D eigenvalue weighted by atomic mass is 16.2. The van der Waals surface area contributed by atoms with E-state index in [1.54, 1.807) is 0 Å². The highest BCUT2D eigenvalue weighted by molar-refractivity contribution is 6.36. The second-order valence-electron chi connectivity index (χ2n) is 10.6. The molecular formula is C31H35N5O3. The smallest absolute Gasteiger partial charge is 0.280 e. The first-order chi connectivity index (χ1) is 19.1. The number of amides is 2. The van der Waals surface area contributed by atoms with Gasteiger partial charge >= 0.3 is 0 Å². The monoisotopic (exact) mass is 525 g/mol. The average molecular weight is 526 g/mol. The number of hydrogen-bond acceptors (Lipinski definition) is 5. The van der Waals surface area contributed by atoms with Gasteiger partial charge < -0.3 is 9.80 Å². The van der Waals surface area contributed by atoms with Gasteiger partial charge in [0.05, 0.1) is 22.5 Å². The Balaban J connectivity index is 1.55. The molecule has 0 radical (unpaired) electrons. The lowest BCUT2D eigenvalue weighted by atomic mass is 9.94. The minimum absolute atomic E-state index is 0.126. The number of piperazine rings is 1. The van der Waals surface area contributed by atoms with Gasteiger partial charge in [0.1, 0.15) is 5.70 Å². The maximum absolute atomic E-state index is 14.3. The van der Waals surface area contributed by atoms with E-state index < -0.39 is 0 Å². The third-order valence-electron chi connectivity index (χ3n) is 8.38. The number of nitrogens with zero attached hydrogens (tertiary/aromatic N) is 4. The van der Waals surface area contributed by atoms with Gasteiger partial charge in [0.15, 0.2) is 0 Å². The molecule has 1 N–H and O–H groups in total. The van der Waals surface area contributed by atoms with Gasteiger partial charge in [0, 0.05) is 37.8 Å². The van der Waals surface area contributed by atoms with Crippen molar-refractivity contribution in [2.24, 2.45) is 0 Å². The van der Waals surface area contributed by atoms with Crippen LogP contribution in [0, 0.1) is 0 Å². The zero-order chi connectivity index (χ0) is 26.9. The lowest BCUT2D eigenvalue weighted by Gasteiger charge is -2.36. The SMILES string of the molecule is CCN1CCN(C2=C(c3c(-c4ccccc4)[nH]n(-c4ccccc4)c3=O)C(=O)N(C3CCCCC3)C2=O)CC1. The van der Waals surface area contributed by atoms with Crippen LogP contribution >= 0.6 is 0 Å². The number of imide groups is 1. The summed E-state index contributed by atoms with van der Waals surface area (Å²) in [6, 6.07) is 18.8. The molecule has 1 aliphatic carbocycles. The van der Waals surface area contributed by atoms with Crippen molar-refractivity contribution >= 4 is 17.4 Å². The molecule has 2 amide bonds. The van der Waals surface area contributed by atoms with Crippen molar-refractivity contribution in [3.63, 3.8) is 0 Å². The average Bonchev–Trinajstić information content (AvgIpc) is 3.46. The molecule has 6 rings (SSSR count). The molecule has 39 heavy (non-hydrogen) atoms. The van der Waals surface area contributed by atoms with Crippen molar-refractivity contribution in [3.8, 4) is 16.9 Å². The van der Waals surface area contributed by atoms with Gasteiger partial charge in [-0.05, 0) is 31.5 Å². The van der Waals surface area contributed by atoms with Gasteiger partial charge in [0.25, 0.3) is 17.4 Å². The van der Waals surface area contributed by atoms with E-state index >= 15 is 0 Å². The van der Waals surface area contributed by atoms with Crippen molar-refractivity contribution in [1.82, 2.24) is 24.5 Å². The molecule has 2 aliphatic heterocycles. The predicted octanol–water partition coefficient (Wildman–Crippen LogP) is 3.88. The van der Waals surface area contributed by atoms with Crippen LogP contribution in [0.15, 0.2) is 71.2 Å². The van der Waals surface area contributed by atoms with Crippen molar-refractivity contribution in [3.05, 3.63) is 82.3 Å². The summed E-state index contributed by atoms with van der Waals surface area (Å²) in [5.74, 6) is -0.592. The third kappa shape index (κ3) is 4.52. The van der Waals surface area contributed by atoms with Crippen LogP contribution in [0.4, 0.5) is 0 Å². The molecule has 8 heteroatoms. The van der Waals surface area contributed by atoms with Gasteiger partial charge in [-0.1, -0.05) is 74.7 Å². The van der Waals surface area contributed by atoms with Crippen LogP contribution in [0.3, 0.4) is 0 Å². The Morgan fingerprint density at radius 2 is 1.44 bits per heavy atom. The van der Waals surface area contributed by atoms with E-state index in [2.05, 4.69) is 16.9 Å². The fourth-order valence-corrected chi connectivity index (χ4v) is 6.25. The molecule has 0 spiro atoms. The Kier molecular flexibility index (Phi) is 6.95. The van der Waals surface area contributed by atoms with Crippen LogP contribution in [0.25, 0.3) is 22.5 Å². The molecule has 0 unspecified atom stereocenters. The van der Waals surface area contributed by atoms with Crippen molar-refractivity contribution < 1.29 is 9.59 Å². The number of carbonyl (C=O) groups is 2. The number of likely N-dealkylation sites (N-methyl/N-ethyl adjacent to an activating group) is 1. The molecule has 2 fully saturated rings. The lowest BCUT2D eigenvalue weighted by Crippen LogP contribution is -2.48. The number of aromatic nitrogens is 2.